The van der Waals surface area contributed by atoms with Crippen molar-refractivity contribution in [1.29, 1.82) is 0 Å². The van der Waals surface area contributed by atoms with Gasteiger partial charge in [0.25, 0.3) is 0 Å². The van der Waals surface area contributed by atoms with Gasteiger partial charge in [-0.05, 0) is 17.7 Å². The van der Waals surface area contributed by atoms with E-state index in [4.69, 9.17) is 5.73 Å². The lowest BCUT2D eigenvalue weighted by molar-refractivity contribution is 0.510. The third-order valence-corrected chi connectivity index (χ3v) is 5.17. The number of rotatable bonds is 4. The van der Waals surface area contributed by atoms with E-state index < -0.39 is 0 Å². The number of fused-ring (bicyclic) bond motifs is 2. The van der Waals surface area contributed by atoms with E-state index in [1.54, 1.807) is 32.1 Å². The Bertz CT molecular complexity index is 1270. The molecule has 0 radical (unpaired) electrons. The summed E-state index contributed by atoms with van der Waals surface area (Å²) in [7, 11) is 1.72. The van der Waals surface area contributed by atoms with Crippen molar-refractivity contribution < 1.29 is 0 Å². The molecular formula is C20H20N10. The highest BCUT2D eigenvalue weighted by Crippen LogP contribution is 2.29. The first-order chi connectivity index (χ1) is 14.8. The van der Waals surface area contributed by atoms with Gasteiger partial charge in [0.2, 0.25) is 0 Å². The lowest BCUT2D eigenvalue weighted by atomic mass is 10.0. The van der Waals surface area contributed by atoms with E-state index in [2.05, 4.69) is 40.1 Å². The van der Waals surface area contributed by atoms with Gasteiger partial charge >= 0.3 is 0 Å². The van der Waals surface area contributed by atoms with Crippen LogP contribution in [-0.4, -0.2) is 54.7 Å². The number of nitrogens with one attached hydrogen (secondary N) is 1. The van der Waals surface area contributed by atoms with Crippen LogP contribution in [0.3, 0.4) is 0 Å². The van der Waals surface area contributed by atoms with Gasteiger partial charge in [0.1, 0.15) is 30.0 Å². The number of aromatic amines is 1. The molecule has 0 saturated carbocycles. The average molecular weight is 400 g/mol. The summed E-state index contributed by atoms with van der Waals surface area (Å²) >= 11 is 0. The van der Waals surface area contributed by atoms with Gasteiger partial charge in [-0.3, -0.25) is 10.1 Å². The van der Waals surface area contributed by atoms with Crippen molar-refractivity contribution in [2.75, 3.05) is 18.5 Å². The Balaban J connectivity index is 1.52. The highest BCUT2D eigenvalue weighted by atomic mass is 15.4. The maximum atomic E-state index is 5.77. The molecule has 3 aromatic heterocycles. The molecule has 10 heteroatoms. The number of allylic oxidation sites excluding steroid dienone is 1. The SMILES string of the molecule is CN=CC(=CN)c1ccc2[nH]nc(-c3cc(N4CCn5ncnc5C4)ncn3)c2c1. The number of nitrogens with two attached hydrogens (primary N) is 1. The second kappa shape index (κ2) is 7.39. The van der Waals surface area contributed by atoms with E-state index in [9.17, 15) is 0 Å². The molecule has 0 spiro atoms. The van der Waals surface area contributed by atoms with Crippen LogP contribution in [-0.2, 0) is 13.1 Å². The molecule has 0 atom stereocenters. The van der Waals surface area contributed by atoms with E-state index in [0.717, 1.165) is 58.2 Å². The van der Waals surface area contributed by atoms with Crippen molar-refractivity contribution in [2.24, 2.45) is 10.7 Å². The van der Waals surface area contributed by atoms with Gasteiger partial charge in [-0.2, -0.15) is 10.2 Å². The number of aromatic nitrogens is 7. The molecule has 0 aliphatic carbocycles. The first-order valence-corrected chi connectivity index (χ1v) is 9.53. The second-order valence-electron chi connectivity index (χ2n) is 6.92. The lowest BCUT2D eigenvalue weighted by Gasteiger charge is -2.27. The van der Waals surface area contributed by atoms with Gasteiger partial charge in [-0.1, -0.05) is 6.07 Å². The molecule has 0 saturated heterocycles. The topological polar surface area (TPSA) is 127 Å². The number of H-pyrrole nitrogens is 1. The predicted molar refractivity (Wildman–Crippen MR) is 115 cm³/mol. The zero-order valence-corrected chi connectivity index (χ0v) is 16.4. The summed E-state index contributed by atoms with van der Waals surface area (Å²) in [5, 5.41) is 12.8. The van der Waals surface area contributed by atoms with Gasteiger partial charge in [0.05, 0.1) is 24.3 Å². The zero-order valence-electron chi connectivity index (χ0n) is 16.4. The van der Waals surface area contributed by atoms with Crippen molar-refractivity contribution in [3.05, 3.63) is 54.5 Å². The fraction of sp³-hybridized carbons (Fsp3) is 0.200. The molecule has 4 heterocycles. The predicted octanol–water partition coefficient (Wildman–Crippen LogP) is 1.63. The molecule has 1 aromatic carbocycles. The monoisotopic (exact) mass is 400 g/mol. The smallest absolute Gasteiger partial charge is 0.146 e. The van der Waals surface area contributed by atoms with Crippen LogP contribution < -0.4 is 10.6 Å². The number of nitrogens with zero attached hydrogens (tertiary/aromatic N) is 8. The minimum atomic E-state index is 0.656. The molecule has 10 nitrogen and oxygen atoms in total. The molecule has 0 fully saturated rings. The van der Waals surface area contributed by atoms with Crippen LogP contribution in [0.15, 0.2) is 48.1 Å². The van der Waals surface area contributed by atoms with E-state index >= 15 is 0 Å². The van der Waals surface area contributed by atoms with Crippen LogP contribution in [0, 0.1) is 0 Å². The van der Waals surface area contributed by atoms with Crippen molar-refractivity contribution in [2.45, 2.75) is 13.1 Å². The van der Waals surface area contributed by atoms with Gasteiger partial charge in [0.15, 0.2) is 0 Å². The molecule has 0 bridgehead atoms. The van der Waals surface area contributed by atoms with Crippen LogP contribution >= 0.6 is 0 Å². The summed E-state index contributed by atoms with van der Waals surface area (Å²) in [6, 6.07) is 7.97. The number of aliphatic imine (C=N–C) groups is 1. The fourth-order valence-corrected chi connectivity index (χ4v) is 3.65. The van der Waals surface area contributed by atoms with Crippen LogP contribution in [0.25, 0.3) is 27.9 Å². The van der Waals surface area contributed by atoms with Crippen LogP contribution in [0.2, 0.25) is 0 Å². The fourth-order valence-electron chi connectivity index (χ4n) is 3.65. The molecule has 150 valence electrons. The summed E-state index contributed by atoms with van der Waals surface area (Å²) in [4.78, 5) is 19.5. The van der Waals surface area contributed by atoms with E-state index in [0.29, 0.717) is 6.54 Å². The molecule has 1 aliphatic heterocycles. The summed E-state index contributed by atoms with van der Waals surface area (Å²) < 4.78 is 1.92. The number of hydrogen-bond acceptors (Lipinski definition) is 8. The Morgan fingerprint density at radius 2 is 2.10 bits per heavy atom. The van der Waals surface area contributed by atoms with Crippen LogP contribution in [0.1, 0.15) is 11.4 Å². The van der Waals surface area contributed by atoms with Crippen molar-refractivity contribution >= 4 is 28.5 Å². The van der Waals surface area contributed by atoms with Crippen LogP contribution in [0.5, 0.6) is 0 Å². The Morgan fingerprint density at radius 3 is 2.97 bits per heavy atom. The first-order valence-electron chi connectivity index (χ1n) is 9.53. The number of benzene rings is 1. The molecular weight excluding hydrogens is 380 g/mol. The van der Waals surface area contributed by atoms with Crippen LogP contribution in [0.4, 0.5) is 5.82 Å². The standard InChI is InChI=1S/C20H20N10/c1-22-9-14(8-21)13-2-3-16-15(6-13)20(28-27-16)17-7-18(24-11-23-17)29-4-5-30-19(10-29)25-12-26-30/h2-3,6-9,11-12H,4-5,10,21H2,1H3,(H,27,28). The maximum Gasteiger partial charge on any atom is 0.146 e. The molecule has 0 amide bonds. The van der Waals surface area contributed by atoms with E-state index in [1.807, 2.05) is 28.9 Å². The summed E-state index contributed by atoms with van der Waals surface area (Å²) in [5.41, 5.74) is 10.0. The summed E-state index contributed by atoms with van der Waals surface area (Å²) in [6.07, 6.45) is 6.44. The van der Waals surface area contributed by atoms with Crippen molar-refractivity contribution in [1.82, 2.24) is 34.9 Å². The normalized spacial score (nSPS) is 14.6. The molecule has 3 N–H and O–H groups in total. The number of anilines is 1. The number of hydrogen-bond donors (Lipinski definition) is 2. The van der Waals surface area contributed by atoms with Crippen molar-refractivity contribution in [3.63, 3.8) is 0 Å². The van der Waals surface area contributed by atoms with E-state index in [-0.39, 0.29) is 0 Å². The van der Waals surface area contributed by atoms with Gasteiger partial charge in [-0.25, -0.2) is 19.6 Å². The summed E-state index contributed by atoms with van der Waals surface area (Å²) in [5.74, 6) is 1.76. The Labute approximate surface area is 172 Å². The molecule has 0 unspecified atom stereocenters. The second-order valence-corrected chi connectivity index (χ2v) is 6.92. The van der Waals surface area contributed by atoms with Gasteiger partial charge in [0, 0.05) is 43.0 Å². The molecule has 5 rings (SSSR count). The molecule has 4 aromatic rings. The van der Waals surface area contributed by atoms with E-state index in [1.165, 1.54) is 0 Å². The zero-order chi connectivity index (χ0) is 20.5. The Kier molecular flexibility index (Phi) is 4.43. The third-order valence-electron chi connectivity index (χ3n) is 5.17. The molecule has 1 aliphatic rings. The van der Waals surface area contributed by atoms with Gasteiger partial charge < -0.3 is 10.6 Å². The third kappa shape index (κ3) is 3.08. The minimum absolute atomic E-state index is 0.656. The minimum Gasteiger partial charge on any atom is -0.404 e. The quantitative estimate of drug-likeness (QED) is 0.499. The largest absolute Gasteiger partial charge is 0.404 e. The Morgan fingerprint density at radius 1 is 1.17 bits per heavy atom. The highest BCUT2D eigenvalue weighted by Gasteiger charge is 2.20. The molecule has 30 heavy (non-hydrogen) atoms. The highest BCUT2D eigenvalue weighted by molar-refractivity contribution is 6.11. The first kappa shape index (κ1) is 18.0. The maximum absolute atomic E-state index is 5.77. The summed E-state index contributed by atoms with van der Waals surface area (Å²) in [6.45, 7) is 2.23. The van der Waals surface area contributed by atoms with Gasteiger partial charge in [-0.15, -0.1) is 0 Å². The van der Waals surface area contributed by atoms with Crippen molar-refractivity contribution in [3.8, 4) is 11.4 Å². The lowest BCUT2D eigenvalue weighted by Crippen LogP contribution is -2.34. The Hall–Kier alpha value is -4.08. The average Bonchev–Trinajstić information content (AvgIpc) is 3.43.